The van der Waals surface area contributed by atoms with Gasteiger partial charge in [-0.05, 0) is 42.4 Å². The molecule has 2 aliphatic rings. The Morgan fingerprint density at radius 3 is 2.61 bits per heavy atom. The molecule has 2 unspecified atom stereocenters. The molecule has 1 aromatic rings. The zero-order chi connectivity index (χ0) is 12.5. The molecule has 1 aliphatic carbocycles. The Morgan fingerprint density at radius 1 is 1.28 bits per heavy atom. The summed E-state index contributed by atoms with van der Waals surface area (Å²) in [5.74, 6) is 1.84. The van der Waals surface area contributed by atoms with Crippen molar-refractivity contribution in [2.45, 2.75) is 25.8 Å². The molecule has 0 bridgehead atoms. The van der Waals surface area contributed by atoms with E-state index in [9.17, 15) is 0 Å². The van der Waals surface area contributed by atoms with Gasteiger partial charge in [0, 0.05) is 24.7 Å². The van der Waals surface area contributed by atoms with Crippen molar-refractivity contribution in [1.29, 1.82) is 5.26 Å². The van der Waals surface area contributed by atoms with Crippen molar-refractivity contribution in [3.8, 4) is 6.07 Å². The van der Waals surface area contributed by atoms with Crippen LogP contribution in [0.2, 0.25) is 5.02 Å². The third-order valence-corrected chi connectivity index (χ3v) is 4.73. The van der Waals surface area contributed by atoms with Crippen LogP contribution in [0, 0.1) is 23.2 Å². The van der Waals surface area contributed by atoms with Crippen LogP contribution in [0.1, 0.15) is 30.4 Å². The molecule has 1 aromatic carbocycles. The van der Waals surface area contributed by atoms with Crippen molar-refractivity contribution in [2.75, 3.05) is 13.1 Å². The quantitative estimate of drug-likeness (QED) is 0.815. The maximum Gasteiger partial charge on any atom is 0.0992 e. The number of halogens is 1. The van der Waals surface area contributed by atoms with Gasteiger partial charge in [0.2, 0.25) is 0 Å². The summed E-state index contributed by atoms with van der Waals surface area (Å²) in [7, 11) is 0. The molecule has 2 nitrogen and oxygen atoms in total. The zero-order valence-electron chi connectivity index (χ0n) is 10.4. The number of hydrogen-bond donors (Lipinski definition) is 0. The Bertz CT molecular complexity index is 480. The van der Waals surface area contributed by atoms with E-state index in [1.165, 1.54) is 32.4 Å². The first-order valence-corrected chi connectivity index (χ1v) is 7.05. The highest BCUT2D eigenvalue weighted by Crippen LogP contribution is 2.38. The first-order chi connectivity index (χ1) is 8.76. The van der Waals surface area contributed by atoms with Crippen molar-refractivity contribution in [2.24, 2.45) is 11.8 Å². The van der Waals surface area contributed by atoms with Crippen molar-refractivity contribution < 1.29 is 0 Å². The lowest BCUT2D eigenvalue weighted by atomic mass is 10.0. The summed E-state index contributed by atoms with van der Waals surface area (Å²) >= 11 is 6.23. The smallest absolute Gasteiger partial charge is 0.0992 e. The third kappa shape index (κ3) is 2.25. The van der Waals surface area contributed by atoms with Crippen LogP contribution in [0.5, 0.6) is 0 Å². The van der Waals surface area contributed by atoms with E-state index >= 15 is 0 Å². The van der Waals surface area contributed by atoms with Crippen LogP contribution in [0.4, 0.5) is 0 Å². The van der Waals surface area contributed by atoms with Gasteiger partial charge < -0.3 is 0 Å². The lowest BCUT2D eigenvalue weighted by Crippen LogP contribution is -2.21. The highest BCUT2D eigenvalue weighted by Gasteiger charge is 2.35. The summed E-state index contributed by atoms with van der Waals surface area (Å²) in [5, 5.41) is 9.55. The van der Waals surface area contributed by atoms with Gasteiger partial charge in [-0.2, -0.15) is 5.26 Å². The maximum atomic E-state index is 8.83. The Kier molecular flexibility index (Phi) is 3.28. The molecule has 0 spiro atoms. The van der Waals surface area contributed by atoms with Gasteiger partial charge in [-0.1, -0.05) is 24.1 Å². The molecule has 1 saturated heterocycles. The Labute approximate surface area is 113 Å². The molecule has 0 aromatic heterocycles. The Balaban J connectivity index is 1.69. The second-order valence-corrected chi connectivity index (χ2v) is 5.97. The minimum Gasteiger partial charge on any atom is -0.298 e. The highest BCUT2D eigenvalue weighted by atomic mass is 35.5. The largest absolute Gasteiger partial charge is 0.298 e. The molecule has 1 saturated carbocycles. The number of rotatable bonds is 2. The van der Waals surface area contributed by atoms with Gasteiger partial charge in [-0.25, -0.2) is 0 Å². The molecule has 3 heteroatoms. The van der Waals surface area contributed by atoms with Gasteiger partial charge in [-0.3, -0.25) is 4.90 Å². The molecular formula is C15H17ClN2. The molecular weight excluding hydrogens is 244 g/mol. The van der Waals surface area contributed by atoms with Crippen molar-refractivity contribution >= 4 is 11.6 Å². The second-order valence-electron chi connectivity index (χ2n) is 5.56. The average Bonchev–Trinajstić information content (AvgIpc) is 2.92. The predicted octanol–water partition coefficient (Wildman–Crippen LogP) is 3.44. The van der Waals surface area contributed by atoms with Crippen LogP contribution >= 0.6 is 11.6 Å². The molecule has 18 heavy (non-hydrogen) atoms. The summed E-state index contributed by atoms with van der Waals surface area (Å²) in [6.45, 7) is 3.37. The molecule has 1 aliphatic heterocycles. The summed E-state index contributed by atoms with van der Waals surface area (Å²) in [5.41, 5.74) is 1.79. The maximum absolute atomic E-state index is 8.83. The van der Waals surface area contributed by atoms with Crippen molar-refractivity contribution in [3.63, 3.8) is 0 Å². The second kappa shape index (κ2) is 4.91. The molecule has 0 amide bonds. The average molecular weight is 261 g/mol. The predicted molar refractivity (Wildman–Crippen MR) is 72.3 cm³/mol. The van der Waals surface area contributed by atoms with Crippen LogP contribution in [0.15, 0.2) is 18.2 Å². The Hall–Kier alpha value is -1.04. The fourth-order valence-electron chi connectivity index (χ4n) is 3.45. The molecule has 94 valence electrons. The molecule has 2 fully saturated rings. The summed E-state index contributed by atoms with van der Waals surface area (Å²) in [6.07, 6.45) is 4.23. The zero-order valence-corrected chi connectivity index (χ0v) is 11.2. The topological polar surface area (TPSA) is 27.0 Å². The standard InChI is InChI=1S/C15H17ClN2/c16-15-6-11(7-17)4-5-14(15)10-18-8-12-2-1-3-13(12)9-18/h4-6,12-13H,1-3,8-10H2. The number of benzene rings is 1. The van der Waals surface area contributed by atoms with Crippen LogP contribution in [0.25, 0.3) is 0 Å². The van der Waals surface area contributed by atoms with Crippen LogP contribution in [0.3, 0.4) is 0 Å². The fraction of sp³-hybridized carbons (Fsp3) is 0.533. The molecule has 2 atom stereocenters. The lowest BCUT2D eigenvalue weighted by Gasteiger charge is -2.17. The first-order valence-electron chi connectivity index (χ1n) is 6.67. The van der Waals surface area contributed by atoms with E-state index < -0.39 is 0 Å². The normalized spacial score (nSPS) is 27.1. The Morgan fingerprint density at radius 2 is 2.00 bits per heavy atom. The van der Waals surface area contributed by atoms with Crippen LogP contribution in [-0.2, 0) is 6.54 Å². The van der Waals surface area contributed by atoms with Gasteiger partial charge in [0.25, 0.3) is 0 Å². The number of likely N-dealkylation sites (tertiary alicyclic amines) is 1. The van der Waals surface area contributed by atoms with Gasteiger partial charge in [0.1, 0.15) is 0 Å². The molecule has 3 rings (SSSR count). The molecule has 1 heterocycles. The van der Waals surface area contributed by atoms with E-state index in [0.29, 0.717) is 5.56 Å². The number of fused-ring (bicyclic) bond motifs is 1. The SMILES string of the molecule is N#Cc1ccc(CN2CC3CCCC3C2)c(Cl)c1. The minimum absolute atomic E-state index is 0.641. The van der Waals surface area contributed by atoms with E-state index in [1.54, 1.807) is 6.07 Å². The van der Waals surface area contributed by atoms with Gasteiger partial charge in [0.05, 0.1) is 11.6 Å². The van der Waals surface area contributed by atoms with Gasteiger partial charge >= 0.3 is 0 Å². The van der Waals surface area contributed by atoms with Gasteiger partial charge in [0.15, 0.2) is 0 Å². The van der Waals surface area contributed by atoms with Crippen LogP contribution < -0.4 is 0 Å². The molecule has 0 radical (unpaired) electrons. The summed E-state index contributed by atoms with van der Waals surface area (Å²) < 4.78 is 0. The molecule has 0 N–H and O–H groups in total. The van der Waals surface area contributed by atoms with Gasteiger partial charge in [-0.15, -0.1) is 0 Å². The number of nitriles is 1. The highest BCUT2D eigenvalue weighted by molar-refractivity contribution is 6.31. The summed E-state index contributed by atoms with van der Waals surface area (Å²) in [4.78, 5) is 2.52. The van der Waals surface area contributed by atoms with Crippen molar-refractivity contribution in [1.82, 2.24) is 4.90 Å². The number of hydrogen-bond acceptors (Lipinski definition) is 2. The third-order valence-electron chi connectivity index (χ3n) is 4.38. The van der Waals surface area contributed by atoms with E-state index in [4.69, 9.17) is 16.9 Å². The van der Waals surface area contributed by atoms with E-state index in [2.05, 4.69) is 11.0 Å². The van der Waals surface area contributed by atoms with E-state index in [1.807, 2.05) is 12.1 Å². The van der Waals surface area contributed by atoms with Crippen LogP contribution in [-0.4, -0.2) is 18.0 Å². The monoisotopic (exact) mass is 260 g/mol. The van der Waals surface area contributed by atoms with E-state index in [-0.39, 0.29) is 0 Å². The fourth-order valence-corrected chi connectivity index (χ4v) is 3.69. The lowest BCUT2D eigenvalue weighted by molar-refractivity contribution is 0.303. The van der Waals surface area contributed by atoms with Crippen molar-refractivity contribution in [3.05, 3.63) is 34.3 Å². The minimum atomic E-state index is 0.641. The number of nitrogens with zero attached hydrogens (tertiary/aromatic N) is 2. The first kappa shape index (κ1) is 12.0. The summed E-state index contributed by atoms with van der Waals surface area (Å²) in [6, 6.07) is 7.75. The van der Waals surface area contributed by atoms with E-state index in [0.717, 1.165) is 29.0 Å².